The fourth-order valence-electron chi connectivity index (χ4n) is 1.38. The Morgan fingerprint density at radius 1 is 1.35 bits per heavy atom. The number of hydrogen-bond acceptors (Lipinski definition) is 5. The van der Waals surface area contributed by atoms with Gasteiger partial charge in [-0.2, -0.15) is 13.2 Å². The average Bonchev–Trinajstić information content (AvgIpc) is 2.89. The van der Waals surface area contributed by atoms with Crippen LogP contribution < -0.4 is 5.32 Å². The molecular weight excluding hydrogens is 311 g/mol. The van der Waals surface area contributed by atoms with Gasteiger partial charge in [-0.1, -0.05) is 35.2 Å². The first-order valence-corrected chi connectivity index (χ1v) is 7.18. The van der Waals surface area contributed by atoms with Crippen LogP contribution >= 0.6 is 23.1 Å². The third-order valence-electron chi connectivity index (χ3n) is 2.17. The molecule has 4 nitrogen and oxygen atoms in total. The molecule has 106 valence electrons. The molecule has 20 heavy (non-hydrogen) atoms. The Labute approximate surface area is 120 Å². The van der Waals surface area contributed by atoms with Gasteiger partial charge in [-0.3, -0.25) is 4.79 Å². The second kappa shape index (κ2) is 6.23. The number of aromatic nitrogens is 2. The molecule has 0 unspecified atom stereocenters. The van der Waals surface area contributed by atoms with Gasteiger partial charge >= 0.3 is 6.18 Å². The molecule has 0 spiro atoms. The molecule has 0 aliphatic carbocycles. The van der Waals surface area contributed by atoms with E-state index in [1.54, 1.807) is 0 Å². The van der Waals surface area contributed by atoms with Crippen molar-refractivity contribution in [1.29, 1.82) is 0 Å². The maximum Gasteiger partial charge on any atom is 0.418 e. The van der Waals surface area contributed by atoms with Crippen molar-refractivity contribution < 1.29 is 18.0 Å². The van der Waals surface area contributed by atoms with Gasteiger partial charge in [0.05, 0.1) is 17.0 Å². The highest BCUT2D eigenvalue weighted by atomic mass is 32.2. The highest BCUT2D eigenvalue weighted by molar-refractivity contribution is 8.01. The molecule has 2 rings (SSSR count). The van der Waals surface area contributed by atoms with E-state index >= 15 is 0 Å². The van der Waals surface area contributed by atoms with Gasteiger partial charge in [0.15, 0.2) is 4.34 Å². The summed E-state index contributed by atoms with van der Waals surface area (Å²) in [4.78, 5) is 11.6. The molecule has 0 fully saturated rings. The molecule has 1 aromatic heterocycles. The molecule has 0 bridgehead atoms. The standard InChI is InChI=1S/C11H8F3N3OS2/c12-11(13,14)7-3-1-2-4-8(7)16-9(18)5-19-10-17-15-6-20-10/h1-4,6H,5H2,(H,16,18). The Bertz CT molecular complexity index is 587. The summed E-state index contributed by atoms with van der Waals surface area (Å²) in [6.45, 7) is 0. The number of rotatable bonds is 4. The quantitative estimate of drug-likeness (QED) is 0.879. The third kappa shape index (κ3) is 3.94. The Morgan fingerprint density at radius 3 is 2.75 bits per heavy atom. The van der Waals surface area contributed by atoms with Gasteiger partial charge in [0.25, 0.3) is 0 Å². The summed E-state index contributed by atoms with van der Waals surface area (Å²) < 4.78 is 38.8. The minimum absolute atomic E-state index is 0.0264. The van der Waals surface area contributed by atoms with Gasteiger partial charge in [-0.15, -0.1) is 10.2 Å². The van der Waals surface area contributed by atoms with Crippen LogP contribution in [-0.4, -0.2) is 21.9 Å². The van der Waals surface area contributed by atoms with E-state index < -0.39 is 17.6 Å². The first-order valence-electron chi connectivity index (χ1n) is 5.32. The number of thioether (sulfide) groups is 1. The molecule has 0 atom stereocenters. The maximum absolute atomic E-state index is 12.7. The number of amides is 1. The lowest BCUT2D eigenvalue weighted by Gasteiger charge is -2.13. The molecule has 1 aromatic carbocycles. The Balaban J connectivity index is 2.01. The van der Waals surface area contributed by atoms with E-state index in [1.165, 1.54) is 35.0 Å². The fraction of sp³-hybridized carbons (Fsp3) is 0.182. The summed E-state index contributed by atoms with van der Waals surface area (Å²) >= 11 is 2.38. The van der Waals surface area contributed by atoms with E-state index in [0.717, 1.165) is 17.8 Å². The molecule has 1 N–H and O–H groups in total. The normalized spacial score (nSPS) is 11.3. The molecule has 0 saturated carbocycles. The van der Waals surface area contributed by atoms with Gasteiger partial charge in [0.2, 0.25) is 5.91 Å². The number of halogens is 3. The Hall–Kier alpha value is -1.61. The van der Waals surface area contributed by atoms with E-state index in [9.17, 15) is 18.0 Å². The molecule has 0 radical (unpaired) electrons. The summed E-state index contributed by atoms with van der Waals surface area (Å²) in [5.74, 6) is -0.552. The van der Waals surface area contributed by atoms with Crippen LogP contribution in [0.5, 0.6) is 0 Å². The van der Waals surface area contributed by atoms with Crippen LogP contribution in [0, 0.1) is 0 Å². The molecule has 0 aliphatic heterocycles. The average molecular weight is 319 g/mol. The number of nitrogens with zero attached hydrogens (tertiary/aromatic N) is 2. The van der Waals surface area contributed by atoms with Gasteiger partial charge < -0.3 is 5.32 Å². The monoisotopic (exact) mass is 319 g/mol. The highest BCUT2D eigenvalue weighted by Crippen LogP contribution is 2.34. The van der Waals surface area contributed by atoms with Crippen LogP contribution in [0.1, 0.15) is 5.56 Å². The molecule has 1 heterocycles. The molecule has 2 aromatic rings. The minimum Gasteiger partial charge on any atom is -0.325 e. The van der Waals surface area contributed by atoms with Gasteiger partial charge in [-0.25, -0.2) is 0 Å². The number of hydrogen-bond donors (Lipinski definition) is 1. The zero-order valence-electron chi connectivity index (χ0n) is 9.85. The summed E-state index contributed by atoms with van der Waals surface area (Å²) in [5, 5.41) is 9.58. The smallest absolute Gasteiger partial charge is 0.325 e. The first-order chi connectivity index (χ1) is 9.47. The van der Waals surface area contributed by atoms with Crippen molar-refractivity contribution in [2.45, 2.75) is 10.5 Å². The van der Waals surface area contributed by atoms with Crippen LogP contribution in [0.2, 0.25) is 0 Å². The van der Waals surface area contributed by atoms with Gasteiger partial charge in [0.1, 0.15) is 5.51 Å². The number of nitrogens with one attached hydrogen (secondary N) is 1. The summed E-state index contributed by atoms with van der Waals surface area (Å²) in [5.41, 5.74) is 0.399. The fourth-order valence-corrected chi connectivity index (χ4v) is 2.67. The van der Waals surface area contributed by atoms with Crippen LogP contribution in [-0.2, 0) is 11.0 Å². The lowest BCUT2D eigenvalue weighted by Crippen LogP contribution is -2.18. The lowest BCUT2D eigenvalue weighted by molar-refractivity contribution is -0.137. The van der Waals surface area contributed by atoms with Crippen molar-refractivity contribution in [1.82, 2.24) is 10.2 Å². The van der Waals surface area contributed by atoms with Crippen molar-refractivity contribution in [3.8, 4) is 0 Å². The largest absolute Gasteiger partial charge is 0.418 e. The summed E-state index contributed by atoms with van der Waals surface area (Å²) in [6.07, 6.45) is -4.50. The molecule has 9 heteroatoms. The van der Waals surface area contributed by atoms with Crippen molar-refractivity contribution in [3.05, 3.63) is 35.3 Å². The van der Waals surface area contributed by atoms with E-state index in [1.807, 2.05) is 0 Å². The van der Waals surface area contributed by atoms with E-state index in [4.69, 9.17) is 0 Å². The Morgan fingerprint density at radius 2 is 2.10 bits per heavy atom. The number of carbonyl (C=O) groups excluding carboxylic acids is 1. The zero-order chi connectivity index (χ0) is 14.6. The molecule has 1 amide bonds. The third-order valence-corrected chi connectivity index (χ3v) is 4.03. The van der Waals surface area contributed by atoms with Crippen molar-refractivity contribution in [3.63, 3.8) is 0 Å². The van der Waals surface area contributed by atoms with Gasteiger partial charge in [0, 0.05) is 0 Å². The van der Waals surface area contributed by atoms with E-state index in [2.05, 4.69) is 15.5 Å². The van der Waals surface area contributed by atoms with E-state index in [0.29, 0.717) is 4.34 Å². The van der Waals surface area contributed by atoms with Crippen molar-refractivity contribution >= 4 is 34.7 Å². The van der Waals surface area contributed by atoms with Crippen LogP contribution in [0.4, 0.5) is 18.9 Å². The second-order valence-corrected chi connectivity index (χ2v) is 5.64. The Kier molecular flexibility index (Phi) is 4.61. The van der Waals surface area contributed by atoms with Crippen LogP contribution in [0.25, 0.3) is 0 Å². The number of para-hydroxylation sites is 1. The predicted octanol–water partition coefficient (Wildman–Crippen LogP) is 3.29. The molecule has 0 saturated heterocycles. The topological polar surface area (TPSA) is 54.9 Å². The number of anilines is 1. The van der Waals surface area contributed by atoms with Crippen LogP contribution in [0.3, 0.4) is 0 Å². The van der Waals surface area contributed by atoms with E-state index in [-0.39, 0.29) is 11.4 Å². The van der Waals surface area contributed by atoms with Crippen molar-refractivity contribution in [2.75, 3.05) is 11.1 Å². The summed E-state index contributed by atoms with van der Waals surface area (Å²) in [6, 6.07) is 4.85. The predicted molar refractivity (Wildman–Crippen MR) is 70.7 cm³/mol. The molecular formula is C11H8F3N3OS2. The van der Waals surface area contributed by atoms with Gasteiger partial charge in [-0.05, 0) is 12.1 Å². The minimum atomic E-state index is -4.50. The first kappa shape index (κ1) is 14.8. The number of alkyl halides is 3. The number of benzene rings is 1. The van der Waals surface area contributed by atoms with Crippen LogP contribution in [0.15, 0.2) is 34.1 Å². The highest BCUT2D eigenvalue weighted by Gasteiger charge is 2.33. The second-order valence-electron chi connectivity index (χ2n) is 3.58. The summed E-state index contributed by atoms with van der Waals surface area (Å²) in [7, 11) is 0. The SMILES string of the molecule is O=C(CSc1nncs1)Nc1ccccc1C(F)(F)F. The zero-order valence-corrected chi connectivity index (χ0v) is 11.5. The number of carbonyl (C=O) groups is 1. The molecule has 0 aliphatic rings. The van der Waals surface area contributed by atoms with Crippen molar-refractivity contribution in [2.24, 2.45) is 0 Å². The lowest BCUT2D eigenvalue weighted by atomic mass is 10.1. The maximum atomic E-state index is 12.7.